The van der Waals surface area contributed by atoms with Crippen LogP contribution in [0.5, 0.6) is 0 Å². The van der Waals surface area contributed by atoms with Gasteiger partial charge >= 0.3 is 6.03 Å². The van der Waals surface area contributed by atoms with Crippen molar-refractivity contribution in [2.75, 3.05) is 0 Å². The van der Waals surface area contributed by atoms with Gasteiger partial charge in [-0.25, -0.2) is 9.69 Å². The van der Waals surface area contributed by atoms with Gasteiger partial charge in [-0.2, -0.15) is 4.58 Å². The normalized spacial score (nSPS) is 24.6. The van der Waals surface area contributed by atoms with Crippen molar-refractivity contribution in [3.05, 3.63) is 29.8 Å². The Morgan fingerprint density at radius 1 is 1.28 bits per heavy atom. The molecule has 2 amide bonds. The third-order valence-electron chi connectivity index (χ3n) is 4.69. The second kappa shape index (κ2) is 6.65. The fourth-order valence-corrected chi connectivity index (χ4v) is 5.13. The number of Topliss-reactive ketones (excluding diaryl/α,β-unsaturated/α-hetero) is 1. The van der Waals surface area contributed by atoms with Crippen LogP contribution in [0.3, 0.4) is 0 Å². The largest absolute Gasteiger partial charge is 1.00 e. The lowest BCUT2D eigenvalue weighted by molar-refractivity contribution is -0.333. The van der Waals surface area contributed by atoms with Crippen LogP contribution in [-0.2, 0) is 0 Å². The molecule has 5 nitrogen and oxygen atoms in total. The van der Waals surface area contributed by atoms with Crippen LogP contribution in [0.15, 0.2) is 24.3 Å². The number of amides is 2. The van der Waals surface area contributed by atoms with Gasteiger partial charge < -0.3 is 18.1 Å². The number of rotatable bonds is 3. The monoisotopic (exact) mass is 381 g/mol. The highest BCUT2D eigenvalue weighted by atomic mass is 35.5. The highest BCUT2D eigenvalue weighted by Gasteiger charge is 2.62. The molecule has 0 bridgehead atoms. The van der Waals surface area contributed by atoms with Gasteiger partial charge in [0.1, 0.15) is 11.1 Å². The van der Waals surface area contributed by atoms with Crippen LogP contribution in [-0.4, -0.2) is 43.3 Å². The Bertz CT molecular complexity index is 743. The number of fused-ring (bicyclic) bond motifs is 1. The number of carbonyl (C=O) groups excluding carboxylic acids is 2. The van der Waals surface area contributed by atoms with Crippen molar-refractivity contribution in [1.82, 2.24) is 4.90 Å². The first-order valence-corrected chi connectivity index (χ1v) is 9.06. The minimum atomic E-state index is -0.136. The predicted octanol–water partition coefficient (Wildman–Crippen LogP) is 0.206. The van der Waals surface area contributed by atoms with Gasteiger partial charge in [-0.1, -0.05) is 13.8 Å². The van der Waals surface area contributed by atoms with Gasteiger partial charge in [-0.15, -0.1) is 11.8 Å². The van der Waals surface area contributed by atoms with E-state index in [0.717, 1.165) is 0 Å². The lowest BCUT2D eigenvalue weighted by Crippen LogP contribution is -3.00. The maximum absolute atomic E-state index is 13.1. The number of halogens is 1. The van der Waals surface area contributed by atoms with Crippen molar-refractivity contribution in [3.8, 4) is 0 Å². The van der Waals surface area contributed by atoms with Crippen LogP contribution in [0.25, 0.3) is 0 Å². The second-order valence-corrected chi connectivity index (χ2v) is 9.08. The molecule has 136 valence electrons. The summed E-state index contributed by atoms with van der Waals surface area (Å²) in [6, 6.07) is 6.85. The number of carbonyl (C=O) groups is 2. The Kier molecular flexibility index (Phi) is 5.26. The molecule has 1 fully saturated rings. The molecule has 1 saturated heterocycles. The van der Waals surface area contributed by atoms with Crippen molar-refractivity contribution in [1.29, 1.82) is 0 Å². The summed E-state index contributed by atoms with van der Waals surface area (Å²) < 4.78 is 1.45. The third kappa shape index (κ3) is 3.06. The molecule has 2 atom stereocenters. The van der Waals surface area contributed by atoms with Crippen molar-refractivity contribution in [3.63, 3.8) is 0 Å². The SMILES string of the molecule is CC(=O)c1ccc([N+]2=C(N)C3N(C2=O)C(C(C)C)SC3(C)C)cc1.[Cl-]. The average Bonchev–Trinajstić information content (AvgIpc) is 2.93. The molecular formula is C18H24ClN3O2S. The van der Waals surface area contributed by atoms with Crippen LogP contribution in [0, 0.1) is 5.92 Å². The number of hydrogen-bond acceptors (Lipinski definition) is 4. The molecule has 1 aromatic carbocycles. The van der Waals surface area contributed by atoms with Crippen molar-refractivity contribution in [2.24, 2.45) is 11.7 Å². The molecule has 0 radical (unpaired) electrons. The van der Waals surface area contributed by atoms with Crippen LogP contribution in [0.4, 0.5) is 10.5 Å². The molecule has 0 aliphatic carbocycles. The maximum atomic E-state index is 13.1. The molecule has 7 heteroatoms. The highest BCUT2D eigenvalue weighted by Crippen LogP contribution is 2.49. The van der Waals surface area contributed by atoms with Crippen molar-refractivity contribution in [2.45, 2.75) is 50.8 Å². The first-order valence-electron chi connectivity index (χ1n) is 8.18. The summed E-state index contributed by atoms with van der Waals surface area (Å²) in [7, 11) is 0. The van der Waals surface area contributed by atoms with Gasteiger partial charge in [0.25, 0.3) is 0 Å². The molecule has 2 aliphatic heterocycles. The summed E-state index contributed by atoms with van der Waals surface area (Å²) in [5, 5.41) is 0.109. The summed E-state index contributed by atoms with van der Waals surface area (Å²) in [5.74, 6) is 0.913. The standard InChI is InChI=1S/C18H23N3O2S.ClH/c1-10(2)16-21-14(18(4,5)24-16)15(19)20(17(21)23)13-8-6-12(7-9-13)11(3)22;/h6-10,14,16,19H,1-5H3;1H. The topological polar surface area (TPSA) is 66.4 Å². The fraction of sp³-hybridized carbons (Fsp3) is 0.500. The summed E-state index contributed by atoms with van der Waals surface area (Å²) >= 11 is 1.81. The van der Waals surface area contributed by atoms with E-state index in [4.69, 9.17) is 5.73 Å². The number of nitrogens with zero attached hydrogens (tertiary/aromatic N) is 2. The number of nitrogens with two attached hydrogens (primary N) is 1. The zero-order valence-corrected chi connectivity index (χ0v) is 16.7. The van der Waals surface area contributed by atoms with Crippen LogP contribution < -0.4 is 18.1 Å². The van der Waals surface area contributed by atoms with Crippen LogP contribution in [0.1, 0.15) is 45.0 Å². The Morgan fingerprint density at radius 3 is 2.32 bits per heavy atom. The molecule has 3 rings (SSSR count). The fourth-order valence-electron chi connectivity index (χ4n) is 3.54. The second-order valence-electron chi connectivity index (χ2n) is 7.31. The van der Waals surface area contributed by atoms with Gasteiger partial charge in [0.2, 0.25) is 5.84 Å². The summed E-state index contributed by atoms with van der Waals surface area (Å²) in [6.45, 7) is 10.1. The first kappa shape index (κ1) is 19.8. The van der Waals surface area contributed by atoms with E-state index >= 15 is 0 Å². The number of hydrogen-bond donors (Lipinski definition) is 1. The molecule has 2 heterocycles. The molecule has 0 aromatic heterocycles. The number of amidine groups is 1. The van der Waals surface area contributed by atoms with Crippen LogP contribution >= 0.6 is 11.8 Å². The molecule has 25 heavy (non-hydrogen) atoms. The number of ketones is 1. The van der Waals surface area contributed by atoms with E-state index in [2.05, 4.69) is 27.7 Å². The summed E-state index contributed by atoms with van der Waals surface area (Å²) in [6.07, 6.45) is 0. The molecule has 2 unspecified atom stereocenters. The quantitative estimate of drug-likeness (QED) is 0.600. The van der Waals surface area contributed by atoms with E-state index in [1.807, 2.05) is 16.7 Å². The van der Waals surface area contributed by atoms with Gasteiger partial charge in [-0.3, -0.25) is 4.79 Å². The van der Waals surface area contributed by atoms with E-state index in [9.17, 15) is 9.59 Å². The lowest BCUT2D eigenvalue weighted by atomic mass is 10.0. The van der Waals surface area contributed by atoms with E-state index < -0.39 is 0 Å². The highest BCUT2D eigenvalue weighted by molar-refractivity contribution is 8.01. The number of benzene rings is 1. The Labute approximate surface area is 159 Å². The molecular weight excluding hydrogens is 358 g/mol. The van der Waals surface area contributed by atoms with E-state index in [0.29, 0.717) is 23.0 Å². The zero-order chi connectivity index (χ0) is 17.8. The van der Waals surface area contributed by atoms with Gasteiger partial charge in [0.15, 0.2) is 11.8 Å². The van der Waals surface area contributed by atoms with Gasteiger partial charge in [0, 0.05) is 5.56 Å². The van der Waals surface area contributed by atoms with E-state index in [-0.39, 0.29) is 40.4 Å². The van der Waals surface area contributed by atoms with Crippen molar-refractivity contribution < 1.29 is 26.6 Å². The molecule has 0 saturated carbocycles. The Morgan fingerprint density at radius 2 is 1.84 bits per heavy atom. The smallest absolute Gasteiger partial charge is 0.445 e. The molecule has 1 aromatic rings. The van der Waals surface area contributed by atoms with Crippen LogP contribution in [0.2, 0.25) is 0 Å². The van der Waals surface area contributed by atoms with Gasteiger partial charge in [0.05, 0.1) is 4.75 Å². The van der Waals surface area contributed by atoms with E-state index in [1.165, 1.54) is 6.92 Å². The average molecular weight is 382 g/mol. The Hall–Kier alpha value is -1.53. The van der Waals surface area contributed by atoms with E-state index in [1.54, 1.807) is 28.8 Å². The summed E-state index contributed by atoms with van der Waals surface area (Å²) in [4.78, 5) is 26.5. The molecule has 2 aliphatic rings. The van der Waals surface area contributed by atoms with Crippen molar-refractivity contribution >= 4 is 35.1 Å². The van der Waals surface area contributed by atoms with Gasteiger partial charge in [-0.05, 0) is 51.0 Å². The number of thioether (sulfide) groups is 1. The number of urea groups is 1. The lowest BCUT2D eigenvalue weighted by Gasteiger charge is -2.20. The maximum Gasteiger partial charge on any atom is 0.445 e. The first-order chi connectivity index (χ1) is 11.1. The third-order valence-corrected chi connectivity index (χ3v) is 6.53. The molecule has 2 N–H and O–H groups in total. The Balaban J connectivity index is 0.00000225. The predicted molar refractivity (Wildman–Crippen MR) is 96.9 cm³/mol. The molecule has 0 spiro atoms. The zero-order valence-electron chi connectivity index (χ0n) is 15.1. The minimum Gasteiger partial charge on any atom is -1.00 e. The minimum absolute atomic E-state index is 0. The summed E-state index contributed by atoms with van der Waals surface area (Å²) in [5.41, 5.74) is 7.76.